The molecule has 0 bridgehead atoms. The molecule has 0 heterocycles. The van der Waals surface area contributed by atoms with Gasteiger partial charge in [0, 0.05) is 15.6 Å². The molecule has 1 heteroatoms. The minimum atomic E-state index is 1.02. The summed E-state index contributed by atoms with van der Waals surface area (Å²) in [5.74, 6) is 6.71. The van der Waals surface area contributed by atoms with Gasteiger partial charge in [-0.3, -0.25) is 0 Å². The van der Waals surface area contributed by atoms with Crippen molar-refractivity contribution in [1.82, 2.24) is 0 Å². The van der Waals surface area contributed by atoms with Crippen molar-refractivity contribution in [3.63, 3.8) is 0 Å². The number of unbranched alkanes of at least 4 members (excludes halogenated alkanes) is 4. The van der Waals surface area contributed by atoms with Gasteiger partial charge in [0.1, 0.15) is 0 Å². The minimum Gasteiger partial charge on any atom is -0.0979 e. The molecule has 106 valence electrons. The van der Waals surface area contributed by atoms with E-state index in [0.29, 0.717) is 0 Å². The Bertz CT molecular complexity index is 898. The zero-order valence-electron chi connectivity index (χ0n) is 12.4. The average Bonchev–Trinajstić information content (AvgIpc) is 2.50. The van der Waals surface area contributed by atoms with Crippen LogP contribution in [0.25, 0.3) is 0 Å². The number of hydrogen-bond acceptors (Lipinski definition) is 0. The Morgan fingerprint density at radius 3 is 2.33 bits per heavy atom. The first-order valence-electron chi connectivity index (χ1n) is 7.73. The lowest BCUT2D eigenvalue weighted by Gasteiger charge is -2.06. The van der Waals surface area contributed by atoms with Gasteiger partial charge in [0.05, 0.1) is 0 Å². The molecule has 0 fully saturated rings. The highest BCUT2D eigenvalue weighted by Crippen LogP contribution is 2.19. The van der Waals surface area contributed by atoms with Gasteiger partial charge in [0.15, 0.2) is 0 Å². The molecule has 1 aliphatic carbocycles. The lowest BCUT2D eigenvalue weighted by Crippen LogP contribution is -1.94. The standard InChI is InChI=1S/C20H19I/c1-2-3-4-5-6-7-10-15-13-18-16-11-8-9-12-17(16)19(18)14-20(15)21/h8-9,11-14H,2-6H2,1H3. The first-order valence-corrected chi connectivity index (χ1v) is 8.81. The molecule has 0 amide bonds. The number of halogens is 1. The summed E-state index contributed by atoms with van der Waals surface area (Å²) in [4.78, 5) is 0. The SMILES string of the molecule is CCCCCCC#Cc1cc2c(cc1I)=c1ccccc1=2. The summed E-state index contributed by atoms with van der Waals surface area (Å²) in [6.07, 6.45) is 6.17. The quantitative estimate of drug-likeness (QED) is 0.316. The van der Waals surface area contributed by atoms with Gasteiger partial charge in [-0.2, -0.15) is 0 Å². The van der Waals surface area contributed by atoms with E-state index in [9.17, 15) is 0 Å². The van der Waals surface area contributed by atoms with Gasteiger partial charge in [-0.15, -0.1) is 0 Å². The van der Waals surface area contributed by atoms with Crippen molar-refractivity contribution in [1.29, 1.82) is 0 Å². The zero-order chi connectivity index (χ0) is 14.7. The van der Waals surface area contributed by atoms with Crippen LogP contribution in [0.2, 0.25) is 0 Å². The molecule has 0 radical (unpaired) electrons. The van der Waals surface area contributed by atoms with E-state index in [1.165, 1.54) is 55.7 Å². The second-order valence-corrected chi connectivity index (χ2v) is 6.70. The summed E-state index contributed by atoms with van der Waals surface area (Å²) < 4.78 is 1.27. The van der Waals surface area contributed by atoms with E-state index in [4.69, 9.17) is 0 Å². The first kappa shape index (κ1) is 14.7. The van der Waals surface area contributed by atoms with Crippen molar-refractivity contribution in [2.75, 3.05) is 0 Å². The predicted octanol–water partition coefficient (Wildman–Crippen LogP) is 5.50. The Labute approximate surface area is 139 Å². The third kappa shape index (κ3) is 3.01. The fraction of sp³-hybridized carbons (Fsp3) is 0.300. The second kappa shape index (κ2) is 6.66. The third-order valence-electron chi connectivity index (χ3n) is 3.99. The summed E-state index contributed by atoms with van der Waals surface area (Å²) in [5.41, 5.74) is 1.18. The molecule has 1 aliphatic rings. The molecule has 0 unspecified atom stereocenters. The van der Waals surface area contributed by atoms with E-state index < -0.39 is 0 Å². The van der Waals surface area contributed by atoms with Crippen molar-refractivity contribution in [3.8, 4) is 11.8 Å². The van der Waals surface area contributed by atoms with E-state index in [-0.39, 0.29) is 0 Å². The molecule has 0 N–H and O–H groups in total. The molecule has 3 rings (SSSR count). The van der Waals surface area contributed by atoms with Crippen molar-refractivity contribution in [2.45, 2.75) is 39.0 Å². The van der Waals surface area contributed by atoms with Gasteiger partial charge in [-0.25, -0.2) is 0 Å². The van der Waals surface area contributed by atoms with Gasteiger partial charge in [0.25, 0.3) is 0 Å². The number of hydrogen-bond donors (Lipinski definition) is 0. The van der Waals surface area contributed by atoms with Crippen molar-refractivity contribution in [3.05, 3.63) is 66.4 Å². The maximum Gasteiger partial charge on any atom is 0.0385 e. The molecule has 2 aromatic carbocycles. The smallest absolute Gasteiger partial charge is 0.0385 e. The van der Waals surface area contributed by atoms with Crippen LogP contribution >= 0.6 is 22.6 Å². The highest BCUT2D eigenvalue weighted by molar-refractivity contribution is 14.1. The van der Waals surface area contributed by atoms with E-state index in [1.54, 1.807) is 0 Å². The topological polar surface area (TPSA) is 0 Å². The number of benzene rings is 2. The normalized spacial score (nSPS) is 11.0. The Kier molecular flexibility index (Phi) is 4.65. The van der Waals surface area contributed by atoms with Crippen LogP contribution in [0, 0.1) is 36.3 Å². The van der Waals surface area contributed by atoms with Crippen LogP contribution in [0.5, 0.6) is 0 Å². The lowest BCUT2D eigenvalue weighted by atomic mass is 9.99. The Morgan fingerprint density at radius 2 is 1.62 bits per heavy atom. The largest absolute Gasteiger partial charge is 0.0979 e. The number of rotatable bonds is 4. The molecule has 0 atom stereocenters. The average molecular weight is 386 g/mol. The minimum absolute atomic E-state index is 1.02. The first-order chi connectivity index (χ1) is 10.3. The van der Waals surface area contributed by atoms with Crippen LogP contribution in [0.3, 0.4) is 0 Å². The van der Waals surface area contributed by atoms with Crippen LogP contribution in [0.1, 0.15) is 44.6 Å². The van der Waals surface area contributed by atoms with E-state index in [1.807, 2.05) is 0 Å². The summed E-state index contributed by atoms with van der Waals surface area (Å²) in [6, 6.07) is 13.2. The fourth-order valence-corrected chi connectivity index (χ4v) is 3.40. The van der Waals surface area contributed by atoms with Crippen molar-refractivity contribution >= 4 is 22.6 Å². The number of fused-ring (bicyclic) bond motifs is 2. The van der Waals surface area contributed by atoms with E-state index in [2.05, 4.69) is 77.8 Å². The monoisotopic (exact) mass is 386 g/mol. The van der Waals surface area contributed by atoms with Crippen LogP contribution in [-0.2, 0) is 0 Å². The van der Waals surface area contributed by atoms with Crippen LogP contribution in [0.4, 0.5) is 0 Å². The maximum absolute atomic E-state index is 3.37. The van der Waals surface area contributed by atoms with Gasteiger partial charge in [-0.05, 0) is 62.0 Å². The summed E-state index contributed by atoms with van der Waals surface area (Å²) in [7, 11) is 0. The molecule has 0 aliphatic heterocycles. The molecule has 2 aromatic rings. The van der Waals surface area contributed by atoms with Crippen LogP contribution in [-0.4, -0.2) is 0 Å². The van der Waals surface area contributed by atoms with Crippen LogP contribution in [0.15, 0.2) is 36.4 Å². The second-order valence-electron chi connectivity index (χ2n) is 5.54. The summed E-state index contributed by atoms with van der Waals surface area (Å²) in [5, 5.41) is 5.49. The van der Waals surface area contributed by atoms with Gasteiger partial charge in [0.2, 0.25) is 0 Å². The van der Waals surface area contributed by atoms with Gasteiger partial charge < -0.3 is 0 Å². The molecule has 0 aromatic heterocycles. The lowest BCUT2D eigenvalue weighted by molar-refractivity contribution is 0.679. The maximum atomic E-state index is 3.37. The van der Waals surface area contributed by atoms with E-state index >= 15 is 0 Å². The zero-order valence-corrected chi connectivity index (χ0v) is 14.5. The molecular formula is C20H19I. The predicted molar refractivity (Wildman–Crippen MR) is 96.6 cm³/mol. The highest BCUT2D eigenvalue weighted by atomic mass is 127. The molecule has 0 saturated heterocycles. The Balaban J connectivity index is 1.85. The summed E-state index contributed by atoms with van der Waals surface area (Å²) >= 11 is 2.41. The molecule has 0 spiro atoms. The highest BCUT2D eigenvalue weighted by Gasteiger charge is 2.05. The van der Waals surface area contributed by atoms with Crippen LogP contribution < -0.4 is 0 Å². The molecule has 21 heavy (non-hydrogen) atoms. The van der Waals surface area contributed by atoms with E-state index in [0.717, 1.165) is 6.42 Å². The molecular weight excluding hydrogens is 367 g/mol. The van der Waals surface area contributed by atoms with Crippen molar-refractivity contribution < 1.29 is 0 Å². The van der Waals surface area contributed by atoms with Gasteiger partial charge >= 0.3 is 0 Å². The fourth-order valence-electron chi connectivity index (χ4n) is 2.80. The van der Waals surface area contributed by atoms with Crippen molar-refractivity contribution in [2.24, 2.45) is 0 Å². The Hall–Kier alpha value is -1.27. The molecule has 0 nitrogen and oxygen atoms in total. The molecule has 0 saturated carbocycles. The summed E-state index contributed by atoms with van der Waals surface area (Å²) in [6.45, 7) is 2.24. The Morgan fingerprint density at radius 1 is 0.905 bits per heavy atom. The third-order valence-corrected chi connectivity index (χ3v) is 4.89. The van der Waals surface area contributed by atoms with Gasteiger partial charge in [-0.1, -0.05) is 62.3 Å².